The molecule has 86 valence electrons. The number of ether oxygens (including phenoxy) is 1. The molecule has 0 bridgehead atoms. The predicted octanol–water partition coefficient (Wildman–Crippen LogP) is 3.66. The van der Waals surface area contributed by atoms with Crippen LogP contribution in [0.15, 0.2) is 12.1 Å². The maximum atomic E-state index is 5.98. The lowest BCUT2D eigenvalue weighted by atomic mass is 10.2. The first-order valence-electron chi connectivity index (χ1n) is 4.49. The third kappa shape index (κ3) is 4.07. The number of hydrogen-bond acceptors (Lipinski definition) is 2. The van der Waals surface area contributed by atoms with Gasteiger partial charge in [-0.05, 0) is 24.1 Å². The van der Waals surface area contributed by atoms with Crippen LogP contribution >= 0.6 is 35.6 Å². The van der Waals surface area contributed by atoms with E-state index >= 15 is 0 Å². The fraction of sp³-hybridized carbons (Fsp3) is 0.400. The van der Waals surface area contributed by atoms with Crippen molar-refractivity contribution < 1.29 is 4.74 Å². The Morgan fingerprint density at radius 3 is 2.20 bits per heavy atom. The molecule has 15 heavy (non-hydrogen) atoms. The van der Waals surface area contributed by atoms with E-state index in [-0.39, 0.29) is 12.4 Å². The Kier molecular flexibility index (Phi) is 7.11. The highest BCUT2D eigenvalue weighted by Crippen LogP contribution is 2.34. The van der Waals surface area contributed by atoms with Gasteiger partial charge in [0.25, 0.3) is 0 Å². The fourth-order valence-electron chi connectivity index (χ4n) is 1.07. The van der Waals surface area contributed by atoms with Crippen molar-refractivity contribution in [3.8, 4) is 5.75 Å². The molecule has 2 N–H and O–H groups in total. The average molecular weight is 271 g/mol. The third-order valence-electron chi connectivity index (χ3n) is 1.74. The van der Waals surface area contributed by atoms with Crippen LogP contribution in [-0.4, -0.2) is 6.61 Å². The van der Waals surface area contributed by atoms with E-state index in [4.69, 9.17) is 33.7 Å². The number of benzene rings is 1. The lowest BCUT2D eigenvalue weighted by molar-refractivity contribution is 0.318. The molecule has 0 radical (unpaired) electrons. The van der Waals surface area contributed by atoms with Crippen LogP contribution in [0.25, 0.3) is 0 Å². The van der Waals surface area contributed by atoms with Crippen molar-refractivity contribution in [2.75, 3.05) is 6.61 Å². The highest BCUT2D eigenvalue weighted by molar-refractivity contribution is 6.37. The van der Waals surface area contributed by atoms with Gasteiger partial charge in [-0.2, -0.15) is 0 Å². The van der Waals surface area contributed by atoms with Crippen molar-refractivity contribution in [3.05, 3.63) is 27.7 Å². The van der Waals surface area contributed by atoms with Gasteiger partial charge >= 0.3 is 0 Å². The predicted molar refractivity (Wildman–Crippen MR) is 67.4 cm³/mol. The summed E-state index contributed by atoms with van der Waals surface area (Å²) in [7, 11) is 0. The molecule has 0 aromatic heterocycles. The highest BCUT2D eigenvalue weighted by Gasteiger charge is 2.08. The minimum atomic E-state index is 0. The molecular weight excluding hydrogens is 256 g/mol. The third-order valence-corrected chi connectivity index (χ3v) is 2.31. The molecule has 0 aliphatic carbocycles. The average Bonchev–Trinajstić information content (AvgIpc) is 2.16. The largest absolute Gasteiger partial charge is 0.490 e. The van der Waals surface area contributed by atoms with Crippen molar-refractivity contribution in [2.24, 2.45) is 5.73 Å². The molecule has 0 heterocycles. The van der Waals surface area contributed by atoms with E-state index in [2.05, 4.69) is 0 Å². The lowest BCUT2D eigenvalue weighted by Crippen LogP contribution is -2.00. The van der Waals surface area contributed by atoms with Crippen LogP contribution in [-0.2, 0) is 6.54 Å². The second-order valence-electron chi connectivity index (χ2n) is 2.94. The summed E-state index contributed by atoms with van der Waals surface area (Å²) >= 11 is 12.0. The topological polar surface area (TPSA) is 35.2 Å². The zero-order valence-corrected chi connectivity index (χ0v) is 10.8. The maximum Gasteiger partial charge on any atom is 0.156 e. The highest BCUT2D eigenvalue weighted by atomic mass is 35.5. The summed E-state index contributed by atoms with van der Waals surface area (Å²) < 4.78 is 5.41. The lowest BCUT2D eigenvalue weighted by Gasteiger charge is -2.10. The first-order valence-corrected chi connectivity index (χ1v) is 5.25. The van der Waals surface area contributed by atoms with Gasteiger partial charge in [-0.15, -0.1) is 12.4 Å². The summed E-state index contributed by atoms with van der Waals surface area (Å²) in [5, 5.41) is 1.04. The maximum absolute atomic E-state index is 5.98. The van der Waals surface area contributed by atoms with Gasteiger partial charge in [0.2, 0.25) is 0 Å². The van der Waals surface area contributed by atoms with Crippen LogP contribution in [0.1, 0.15) is 18.9 Å². The Hall–Kier alpha value is -0.150. The Morgan fingerprint density at radius 1 is 1.27 bits per heavy atom. The van der Waals surface area contributed by atoms with E-state index in [9.17, 15) is 0 Å². The van der Waals surface area contributed by atoms with Crippen LogP contribution in [0, 0.1) is 0 Å². The Bertz CT molecular complexity index is 295. The number of hydrogen-bond donors (Lipinski definition) is 1. The van der Waals surface area contributed by atoms with Gasteiger partial charge in [0, 0.05) is 6.54 Å². The zero-order chi connectivity index (χ0) is 10.6. The first kappa shape index (κ1) is 14.8. The Morgan fingerprint density at radius 2 is 1.80 bits per heavy atom. The molecule has 0 spiro atoms. The van der Waals surface area contributed by atoms with E-state index in [1.165, 1.54) is 0 Å². The normalized spacial score (nSPS) is 9.60. The molecule has 0 saturated carbocycles. The van der Waals surface area contributed by atoms with Crippen LogP contribution in [0.2, 0.25) is 10.0 Å². The number of nitrogens with two attached hydrogens (primary N) is 1. The second kappa shape index (κ2) is 7.18. The van der Waals surface area contributed by atoms with Gasteiger partial charge in [-0.1, -0.05) is 30.1 Å². The van der Waals surface area contributed by atoms with Crippen LogP contribution in [0.3, 0.4) is 0 Å². The Labute approximate surface area is 106 Å². The van der Waals surface area contributed by atoms with Crippen molar-refractivity contribution in [3.63, 3.8) is 0 Å². The van der Waals surface area contributed by atoms with Crippen LogP contribution in [0.5, 0.6) is 5.75 Å². The van der Waals surface area contributed by atoms with Crippen molar-refractivity contribution >= 4 is 35.6 Å². The molecule has 1 aromatic rings. The fourth-order valence-corrected chi connectivity index (χ4v) is 1.71. The summed E-state index contributed by atoms with van der Waals surface area (Å²) in [6, 6.07) is 3.55. The summed E-state index contributed by atoms with van der Waals surface area (Å²) in [5.74, 6) is 0.549. The van der Waals surface area contributed by atoms with E-state index in [0.29, 0.717) is 28.9 Å². The molecule has 0 unspecified atom stereocenters. The van der Waals surface area contributed by atoms with E-state index in [0.717, 1.165) is 12.0 Å². The molecule has 0 fully saturated rings. The van der Waals surface area contributed by atoms with Crippen molar-refractivity contribution in [1.82, 2.24) is 0 Å². The minimum absolute atomic E-state index is 0. The quantitative estimate of drug-likeness (QED) is 0.906. The molecule has 0 saturated heterocycles. The molecule has 0 aliphatic rings. The summed E-state index contributed by atoms with van der Waals surface area (Å²) in [4.78, 5) is 0. The standard InChI is InChI=1S/C10H13Cl2NO.ClH/c1-2-3-14-10-8(11)4-7(6-13)5-9(10)12;/h4-5H,2-3,6,13H2,1H3;1H. The Balaban J connectivity index is 0.00000196. The van der Waals surface area contributed by atoms with Crippen LogP contribution < -0.4 is 10.5 Å². The van der Waals surface area contributed by atoms with E-state index in [1.54, 1.807) is 12.1 Å². The minimum Gasteiger partial charge on any atom is -0.490 e. The van der Waals surface area contributed by atoms with Gasteiger partial charge in [0.05, 0.1) is 16.7 Å². The zero-order valence-electron chi connectivity index (χ0n) is 8.43. The smallest absolute Gasteiger partial charge is 0.156 e. The monoisotopic (exact) mass is 269 g/mol. The SMILES string of the molecule is CCCOc1c(Cl)cc(CN)cc1Cl.Cl. The van der Waals surface area contributed by atoms with Gasteiger partial charge in [-0.3, -0.25) is 0 Å². The second-order valence-corrected chi connectivity index (χ2v) is 3.76. The molecule has 5 heteroatoms. The van der Waals surface area contributed by atoms with Gasteiger partial charge in [-0.25, -0.2) is 0 Å². The molecule has 0 aliphatic heterocycles. The summed E-state index contributed by atoms with van der Waals surface area (Å²) in [6.45, 7) is 3.06. The number of rotatable bonds is 4. The van der Waals surface area contributed by atoms with E-state index in [1.807, 2.05) is 6.92 Å². The van der Waals surface area contributed by atoms with Gasteiger partial charge < -0.3 is 10.5 Å². The summed E-state index contributed by atoms with van der Waals surface area (Å²) in [6.07, 6.45) is 0.922. The molecule has 1 aromatic carbocycles. The molecule has 2 nitrogen and oxygen atoms in total. The van der Waals surface area contributed by atoms with Gasteiger partial charge in [0.1, 0.15) is 0 Å². The summed E-state index contributed by atoms with van der Waals surface area (Å²) in [5.41, 5.74) is 6.39. The number of halogens is 3. The molecule has 1 rings (SSSR count). The van der Waals surface area contributed by atoms with Crippen molar-refractivity contribution in [2.45, 2.75) is 19.9 Å². The molecule has 0 amide bonds. The van der Waals surface area contributed by atoms with Crippen LogP contribution in [0.4, 0.5) is 0 Å². The van der Waals surface area contributed by atoms with Crippen molar-refractivity contribution in [1.29, 1.82) is 0 Å². The van der Waals surface area contributed by atoms with Gasteiger partial charge in [0.15, 0.2) is 5.75 Å². The van der Waals surface area contributed by atoms with E-state index < -0.39 is 0 Å². The molecular formula is C10H14Cl3NO. The first-order chi connectivity index (χ1) is 6.69. The molecule has 0 atom stereocenters.